The smallest absolute Gasteiger partial charge is 0.416 e. The molecule has 2 aromatic rings. The lowest BCUT2D eigenvalue weighted by atomic mass is 9.88. The summed E-state index contributed by atoms with van der Waals surface area (Å²) in [5, 5.41) is 15.7. The van der Waals surface area contributed by atoms with E-state index in [1.165, 1.54) is 6.07 Å². The van der Waals surface area contributed by atoms with E-state index in [0.717, 1.165) is 74.3 Å². The van der Waals surface area contributed by atoms with Crippen LogP contribution in [-0.2, 0) is 17.4 Å². The Morgan fingerprint density at radius 2 is 1.91 bits per heavy atom. The summed E-state index contributed by atoms with van der Waals surface area (Å²) >= 11 is -2.78. The van der Waals surface area contributed by atoms with Crippen LogP contribution in [0, 0.1) is 0 Å². The normalized spacial score (nSPS) is 25.4. The minimum atomic E-state index is -4.59. The molecule has 3 aliphatic rings. The number of aromatic nitrogens is 2. The number of rotatable bonds is 5. The summed E-state index contributed by atoms with van der Waals surface area (Å²) in [5.41, 5.74) is 1.77. The van der Waals surface area contributed by atoms with Crippen molar-refractivity contribution in [3.63, 3.8) is 0 Å². The highest BCUT2D eigenvalue weighted by molar-refractivity contribution is 7.80. The number of fused-ring (bicyclic) bond motifs is 5. The molecular formula is C21H23F3N5O2S-. The van der Waals surface area contributed by atoms with Crippen LogP contribution in [-0.4, -0.2) is 38.1 Å². The second-order valence-electron chi connectivity index (χ2n) is 8.71. The van der Waals surface area contributed by atoms with Crippen LogP contribution in [0.3, 0.4) is 0 Å². The van der Waals surface area contributed by atoms with Gasteiger partial charge in [0.05, 0.1) is 16.9 Å². The molecule has 2 bridgehead atoms. The predicted octanol–water partition coefficient (Wildman–Crippen LogP) is 3.90. The number of nitrogens with one attached hydrogen (secondary N) is 3. The zero-order chi connectivity index (χ0) is 22.5. The number of anilines is 2. The number of hydrogen-bond acceptors (Lipinski definition) is 6. The fourth-order valence-corrected chi connectivity index (χ4v) is 5.72. The minimum Gasteiger partial charge on any atom is -0.755 e. The summed E-state index contributed by atoms with van der Waals surface area (Å²) in [6.45, 7) is 1.84. The van der Waals surface area contributed by atoms with Crippen LogP contribution in [0.15, 0.2) is 18.2 Å². The maximum atomic E-state index is 13.2. The highest BCUT2D eigenvalue weighted by atomic mass is 32.2. The molecule has 3 N–H and O–H groups in total. The number of alkyl halides is 3. The number of hydrogen-bond donors (Lipinski definition) is 3. The Bertz CT molecular complexity index is 1060. The molecule has 4 unspecified atom stereocenters. The van der Waals surface area contributed by atoms with Gasteiger partial charge in [-0.05, 0) is 68.2 Å². The molecule has 1 aliphatic heterocycles. The predicted molar refractivity (Wildman–Crippen MR) is 114 cm³/mol. The van der Waals surface area contributed by atoms with E-state index in [1.807, 2.05) is 0 Å². The molecular weight excluding hydrogens is 443 g/mol. The highest BCUT2D eigenvalue weighted by Gasteiger charge is 2.42. The summed E-state index contributed by atoms with van der Waals surface area (Å²) in [5.74, 6) is 1.33. The van der Waals surface area contributed by atoms with Crippen molar-refractivity contribution < 1.29 is 21.9 Å². The Morgan fingerprint density at radius 3 is 2.59 bits per heavy atom. The Morgan fingerprint density at radius 1 is 1.12 bits per heavy atom. The first-order chi connectivity index (χ1) is 15.3. The van der Waals surface area contributed by atoms with Gasteiger partial charge in [-0.15, -0.1) is 10.2 Å². The van der Waals surface area contributed by atoms with Gasteiger partial charge in [0.1, 0.15) is 0 Å². The number of nitrogens with zero attached hydrogens (tertiary/aromatic N) is 2. The average Bonchev–Trinajstić information content (AvgIpc) is 3.37. The first-order valence-electron chi connectivity index (χ1n) is 10.8. The SMILES string of the molecule is O=S([O-])Nc1cc(C(F)(F)F)ccc1-c1nnc(NC2CCCNC2)c2c1C1CCC2C1. The summed E-state index contributed by atoms with van der Waals surface area (Å²) in [6, 6.07) is 3.30. The third-order valence-corrected chi connectivity index (χ3v) is 7.12. The van der Waals surface area contributed by atoms with Gasteiger partial charge in [0, 0.05) is 35.0 Å². The molecule has 5 rings (SSSR count). The van der Waals surface area contributed by atoms with E-state index in [9.17, 15) is 21.9 Å². The van der Waals surface area contributed by atoms with Gasteiger partial charge in [0.15, 0.2) is 5.82 Å². The standard InChI is InChI=1S/C21H24F3N5O2S/c22-21(23,24)13-5-6-15(16(9-13)29-32(30)31)19-17-11-3-4-12(8-11)18(17)20(28-27-19)26-14-2-1-7-25-10-14/h5-6,9,11-12,14,25,29H,1-4,7-8,10H2,(H,26,28)(H,30,31)/p-1. The Kier molecular flexibility index (Phi) is 5.58. The van der Waals surface area contributed by atoms with Crippen LogP contribution in [0.4, 0.5) is 24.7 Å². The number of piperidine rings is 1. The lowest BCUT2D eigenvalue weighted by molar-refractivity contribution is -0.137. The summed E-state index contributed by atoms with van der Waals surface area (Å²) in [6.07, 6.45) is 0.505. The Balaban J connectivity index is 1.59. The molecule has 1 aromatic carbocycles. The first kappa shape index (κ1) is 21.6. The van der Waals surface area contributed by atoms with Crippen LogP contribution in [0.5, 0.6) is 0 Å². The van der Waals surface area contributed by atoms with Crippen LogP contribution in [0.2, 0.25) is 0 Å². The molecule has 32 heavy (non-hydrogen) atoms. The van der Waals surface area contributed by atoms with E-state index < -0.39 is 23.0 Å². The van der Waals surface area contributed by atoms with Gasteiger partial charge in [0.25, 0.3) is 0 Å². The fraction of sp³-hybridized carbons (Fsp3) is 0.524. The van der Waals surface area contributed by atoms with Gasteiger partial charge in [-0.1, -0.05) is 6.07 Å². The van der Waals surface area contributed by atoms with Crippen LogP contribution < -0.4 is 15.4 Å². The molecule has 11 heteroatoms. The van der Waals surface area contributed by atoms with Gasteiger partial charge in [-0.3, -0.25) is 4.21 Å². The molecule has 1 saturated carbocycles. The summed E-state index contributed by atoms with van der Waals surface area (Å²) in [4.78, 5) is 0. The third kappa shape index (κ3) is 3.97. The van der Waals surface area contributed by atoms with E-state index in [-0.39, 0.29) is 17.6 Å². The third-order valence-electron chi connectivity index (χ3n) is 6.73. The van der Waals surface area contributed by atoms with E-state index in [2.05, 4.69) is 25.6 Å². The van der Waals surface area contributed by atoms with Crippen molar-refractivity contribution in [2.45, 2.75) is 56.2 Å². The van der Waals surface area contributed by atoms with E-state index in [0.29, 0.717) is 17.2 Å². The Hall–Kier alpha value is -2.24. The van der Waals surface area contributed by atoms with Crippen molar-refractivity contribution in [2.24, 2.45) is 0 Å². The zero-order valence-electron chi connectivity index (χ0n) is 17.2. The first-order valence-corrected chi connectivity index (χ1v) is 11.8. The average molecular weight is 467 g/mol. The Labute approximate surface area is 186 Å². The second kappa shape index (κ2) is 8.27. The quantitative estimate of drug-likeness (QED) is 0.578. The van der Waals surface area contributed by atoms with Crippen molar-refractivity contribution in [2.75, 3.05) is 23.1 Å². The maximum Gasteiger partial charge on any atom is 0.416 e. The van der Waals surface area contributed by atoms with Crippen molar-refractivity contribution in [1.82, 2.24) is 15.5 Å². The number of benzene rings is 1. The molecule has 0 spiro atoms. The van der Waals surface area contributed by atoms with Gasteiger partial charge in [0.2, 0.25) is 0 Å². The molecule has 1 saturated heterocycles. The fourth-order valence-electron chi connectivity index (χ4n) is 5.37. The topological polar surface area (TPSA) is 102 Å². The van der Waals surface area contributed by atoms with E-state index in [4.69, 9.17) is 0 Å². The van der Waals surface area contributed by atoms with Gasteiger partial charge >= 0.3 is 6.18 Å². The van der Waals surface area contributed by atoms with Gasteiger partial charge in [-0.25, -0.2) is 0 Å². The van der Waals surface area contributed by atoms with Crippen molar-refractivity contribution in [3.8, 4) is 11.3 Å². The minimum absolute atomic E-state index is 0.148. The van der Waals surface area contributed by atoms with Gasteiger partial charge < -0.3 is 19.9 Å². The molecule has 0 radical (unpaired) electrons. The lowest BCUT2D eigenvalue weighted by Gasteiger charge is -2.27. The molecule has 2 heterocycles. The molecule has 7 nitrogen and oxygen atoms in total. The van der Waals surface area contributed by atoms with Crippen molar-refractivity contribution >= 4 is 22.8 Å². The maximum absolute atomic E-state index is 13.2. The molecule has 172 valence electrons. The summed E-state index contributed by atoms with van der Waals surface area (Å²) < 4.78 is 64.4. The zero-order valence-corrected chi connectivity index (χ0v) is 18.0. The van der Waals surface area contributed by atoms with Gasteiger partial charge in [-0.2, -0.15) is 13.2 Å². The number of halogens is 3. The molecule has 0 amide bonds. The lowest BCUT2D eigenvalue weighted by Crippen LogP contribution is -2.39. The van der Waals surface area contributed by atoms with Crippen LogP contribution in [0.1, 0.15) is 60.6 Å². The summed E-state index contributed by atoms with van der Waals surface area (Å²) in [7, 11) is 0. The van der Waals surface area contributed by atoms with Crippen LogP contribution in [0.25, 0.3) is 11.3 Å². The van der Waals surface area contributed by atoms with Crippen LogP contribution >= 0.6 is 0 Å². The largest absolute Gasteiger partial charge is 0.755 e. The van der Waals surface area contributed by atoms with Crippen molar-refractivity contribution in [3.05, 3.63) is 34.9 Å². The molecule has 1 aromatic heterocycles. The second-order valence-corrected chi connectivity index (χ2v) is 9.39. The molecule has 4 atom stereocenters. The highest BCUT2D eigenvalue weighted by Crippen LogP contribution is 2.57. The van der Waals surface area contributed by atoms with E-state index >= 15 is 0 Å². The molecule has 2 aliphatic carbocycles. The monoisotopic (exact) mass is 466 g/mol. The van der Waals surface area contributed by atoms with E-state index in [1.54, 1.807) is 0 Å². The molecule has 2 fully saturated rings. The van der Waals surface area contributed by atoms with Crippen molar-refractivity contribution in [1.29, 1.82) is 0 Å².